The fraction of sp³-hybridized carbons (Fsp3) is 0.262. The first-order valence-corrected chi connectivity index (χ1v) is 18.8. The van der Waals surface area contributed by atoms with E-state index < -0.39 is 5.82 Å². The molecule has 0 radical (unpaired) electrons. The summed E-state index contributed by atoms with van der Waals surface area (Å²) < 4.78 is 20.4. The zero-order valence-electron chi connectivity index (χ0n) is 30.1. The number of rotatable bonds is 8. The maximum Gasteiger partial charge on any atom is 0.259 e. The van der Waals surface area contributed by atoms with Crippen LogP contribution >= 0.6 is 11.3 Å². The van der Waals surface area contributed by atoms with Gasteiger partial charge in [-0.3, -0.25) is 14.4 Å². The summed E-state index contributed by atoms with van der Waals surface area (Å²) in [6.07, 6.45) is 9.50. The summed E-state index contributed by atoms with van der Waals surface area (Å²) >= 11 is 1.31. The number of aryl methyl sites for hydroxylation is 2. The minimum atomic E-state index is -0.474. The minimum absolute atomic E-state index is 0. The maximum atomic E-state index is 14.8. The van der Waals surface area contributed by atoms with Crippen molar-refractivity contribution >= 4 is 52.2 Å². The number of anilines is 3. The molecule has 6 heterocycles. The molecule has 0 unspecified atom stereocenters. The van der Waals surface area contributed by atoms with Crippen molar-refractivity contribution < 1.29 is 26.4 Å². The standard InChI is InChI=1S/C42H39FN6O4S.2H2/c1-4-5-6-33-26(3)45-38(47-33)36(50)35-20-28-13-16-49(34-21-29(43)9-12-31(34)37(28)54-35)41(52)27-7-10-30(11-8-27)46-40(51)32-19-25(2)22-44-39(32)48-23-42(24-48)14-17-53-18-15-42;;/h4-12,19-22H,1,13-18,23-24H2,2-3H3,(H,45,47)(H,46,51);2*1H/b6-5-;;. The molecule has 2 N–H and O–H groups in total. The Labute approximate surface area is 319 Å². The van der Waals surface area contributed by atoms with E-state index in [-0.39, 0.29) is 38.2 Å². The lowest BCUT2D eigenvalue weighted by atomic mass is 9.73. The van der Waals surface area contributed by atoms with Crippen LogP contribution in [0.2, 0.25) is 0 Å². The van der Waals surface area contributed by atoms with Gasteiger partial charge in [-0.2, -0.15) is 0 Å². The number of pyridine rings is 1. The Morgan fingerprint density at radius 1 is 1.07 bits per heavy atom. The van der Waals surface area contributed by atoms with Gasteiger partial charge >= 0.3 is 0 Å². The number of hydrogen-bond donors (Lipinski definition) is 2. The molecule has 10 nitrogen and oxygen atoms in total. The summed E-state index contributed by atoms with van der Waals surface area (Å²) in [4.78, 5) is 58.5. The number of hydrogen-bond acceptors (Lipinski definition) is 8. The van der Waals surface area contributed by atoms with Gasteiger partial charge in [0.05, 0.1) is 27.5 Å². The number of nitrogens with one attached hydrogen (secondary N) is 2. The Balaban J connectivity index is 0.00000266. The Kier molecular flexibility index (Phi) is 9.32. The van der Waals surface area contributed by atoms with Crippen molar-refractivity contribution in [3.63, 3.8) is 0 Å². The molecule has 8 rings (SSSR count). The smallest absolute Gasteiger partial charge is 0.259 e. The van der Waals surface area contributed by atoms with E-state index in [0.717, 1.165) is 60.8 Å². The van der Waals surface area contributed by atoms with Crippen molar-refractivity contribution in [2.75, 3.05) is 48.0 Å². The number of halogens is 1. The molecule has 3 aliphatic rings. The Morgan fingerprint density at radius 2 is 1.85 bits per heavy atom. The first-order chi connectivity index (χ1) is 26.1. The number of imidazole rings is 1. The quantitative estimate of drug-likeness (QED) is 0.121. The van der Waals surface area contributed by atoms with Gasteiger partial charge in [-0.05, 0) is 105 Å². The number of carbonyl (C=O) groups excluding carboxylic acids is 3. The molecule has 3 aromatic heterocycles. The highest BCUT2D eigenvalue weighted by Gasteiger charge is 2.45. The van der Waals surface area contributed by atoms with Gasteiger partial charge in [-0.25, -0.2) is 14.4 Å². The van der Waals surface area contributed by atoms with Crippen LogP contribution < -0.4 is 15.1 Å². The summed E-state index contributed by atoms with van der Waals surface area (Å²) in [7, 11) is 0. The van der Waals surface area contributed by atoms with Gasteiger partial charge in [0.15, 0.2) is 5.82 Å². The number of amides is 2. The molecule has 12 heteroatoms. The fourth-order valence-electron chi connectivity index (χ4n) is 7.53. The van der Waals surface area contributed by atoms with Gasteiger partial charge < -0.3 is 24.8 Å². The topological polar surface area (TPSA) is 121 Å². The first-order valence-electron chi connectivity index (χ1n) is 18.0. The van der Waals surface area contributed by atoms with Crippen LogP contribution in [0.4, 0.5) is 21.6 Å². The van der Waals surface area contributed by atoms with Gasteiger partial charge in [0.25, 0.3) is 11.8 Å². The number of carbonyl (C=O) groups is 3. The van der Waals surface area contributed by atoms with Crippen molar-refractivity contribution in [2.45, 2.75) is 33.1 Å². The molecule has 278 valence electrons. The molecular formula is C42H43FN6O4S. The van der Waals surface area contributed by atoms with E-state index in [2.05, 4.69) is 31.7 Å². The van der Waals surface area contributed by atoms with E-state index in [4.69, 9.17) is 4.74 Å². The monoisotopic (exact) mass is 746 g/mol. The third kappa shape index (κ3) is 6.67. The lowest BCUT2D eigenvalue weighted by Gasteiger charge is -2.53. The lowest BCUT2D eigenvalue weighted by molar-refractivity contribution is -0.000511. The summed E-state index contributed by atoms with van der Waals surface area (Å²) in [5.74, 6) is -0.390. The van der Waals surface area contributed by atoms with Crippen molar-refractivity contribution in [2.24, 2.45) is 5.41 Å². The number of aromatic nitrogens is 3. The zero-order chi connectivity index (χ0) is 37.6. The molecule has 2 amide bonds. The molecule has 54 heavy (non-hydrogen) atoms. The summed E-state index contributed by atoms with van der Waals surface area (Å²) in [6.45, 7) is 10.9. The molecule has 2 fully saturated rings. The first kappa shape index (κ1) is 35.3. The number of nitrogens with zero attached hydrogens (tertiary/aromatic N) is 4. The Hall–Kier alpha value is -5.72. The van der Waals surface area contributed by atoms with Crippen LogP contribution in [0, 0.1) is 25.1 Å². The molecule has 0 bridgehead atoms. The summed E-state index contributed by atoms with van der Waals surface area (Å²) in [5, 5.41) is 2.99. The Bertz CT molecular complexity index is 2340. The predicted molar refractivity (Wildman–Crippen MR) is 213 cm³/mol. The van der Waals surface area contributed by atoms with Crippen molar-refractivity contribution in [3.05, 3.63) is 130 Å². The highest BCUT2D eigenvalue weighted by molar-refractivity contribution is 7.17. The number of thiophene rings is 1. The van der Waals surface area contributed by atoms with Crippen molar-refractivity contribution in [3.8, 4) is 10.4 Å². The zero-order valence-corrected chi connectivity index (χ0v) is 30.9. The summed E-state index contributed by atoms with van der Waals surface area (Å²) in [6, 6.07) is 14.8. The molecule has 2 aromatic carbocycles. The molecular weight excluding hydrogens is 704 g/mol. The molecule has 2 saturated heterocycles. The van der Waals surface area contributed by atoms with E-state index in [1.54, 1.807) is 53.6 Å². The van der Waals surface area contributed by atoms with E-state index in [9.17, 15) is 18.8 Å². The van der Waals surface area contributed by atoms with Crippen LogP contribution in [0.3, 0.4) is 0 Å². The van der Waals surface area contributed by atoms with Gasteiger partial charge in [-0.1, -0.05) is 18.7 Å². The lowest BCUT2D eigenvalue weighted by Crippen LogP contribution is -2.59. The van der Waals surface area contributed by atoms with Crippen LogP contribution in [0.15, 0.2) is 79.5 Å². The molecule has 0 saturated carbocycles. The molecule has 5 aromatic rings. The average molecular weight is 747 g/mol. The second-order valence-corrected chi connectivity index (χ2v) is 15.3. The van der Waals surface area contributed by atoms with Crippen LogP contribution in [-0.2, 0) is 11.2 Å². The number of benzene rings is 2. The van der Waals surface area contributed by atoms with E-state index in [0.29, 0.717) is 50.9 Å². The molecule has 3 aliphatic heterocycles. The van der Waals surface area contributed by atoms with Gasteiger partial charge in [0, 0.05) is 69.0 Å². The van der Waals surface area contributed by atoms with Crippen LogP contribution in [0.1, 0.15) is 74.4 Å². The molecule has 0 aliphatic carbocycles. The largest absolute Gasteiger partial charge is 0.381 e. The van der Waals surface area contributed by atoms with Crippen LogP contribution in [0.25, 0.3) is 16.5 Å². The maximum absolute atomic E-state index is 14.8. The van der Waals surface area contributed by atoms with Crippen molar-refractivity contribution in [1.82, 2.24) is 15.0 Å². The van der Waals surface area contributed by atoms with Gasteiger partial charge in [-0.15, -0.1) is 11.3 Å². The highest BCUT2D eigenvalue weighted by atomic mass is 32.1. The Morgan fingerprint density at radius 3 is 2.61 bits per heavy atom. The molecule has 0 atom stereocenters. The van der Waals surface area contributed by atoms with E-state index in [1.807, 2.05) is 32.1 Å². The number of aromatic amines is 1. The normalized spacial score (nSPS) is 16.1. The van der Waals surface area contributed by atoms with Crippen molar-refractivity contribution in [1.29, 1.82) is 0 Å². The predicted octanol–water partition coefficient (Wildman–Crippen LogP) is 8.28. The van der Waals surface area contributed by atoms with E-state index >= 15 is 0 Å². The number of ether oxygens (including phenoxy) is 1. The van der Waals surface area contributed by atoms with Gasteiger partial charge in [0.2, 0.25) is 5.78 Å². The third-order valence-corrected chi connectivity index (χ3v) is 11.7. The second-order valence-electron chi connectivity index (χ2n) is 14.2. The number of allylic oxidation sites excluding steroid dienone is 2. The average Bonchev–Trinajstić information content (AvgIpc) is 3.72. The number of ketones is 1. The second kappa shape index (κ2) is 14.3. The van der Waals surface area contributed by atoms with E-state index in [1.165, 1.54) is 23.5 Å². The van der Waals surface area contributed by atoms with Crippen LogP contribution in [0.5, 0.6) is 0 Å². The highest BCUT2D eigenvalue weighted by Crippen LogP contribution is 2.44. The minimum Gasteiger partial charge on any atom is -0.381 e. The van der Waals surface area contributed by atoms with Gasteiger partial charge in [0.1, 0.15) is 11.6 Å². The summed E-state index contributed by atoms with van der Waals surface area (Å²) in [5.41, 5.74) is 5.95. The molecule has 1 spiro atoms. The number of H-pyrrole nitrogens is 1. The number of fused-ring (bicyclic) bond motifs is 3. The third-order valence-electron chi connectivity index (χ3n) is 10.5. The SMILES string of the molecule is C=C/C=C\c1[nH]c(C(=O)c2cc3c(s2)-c2ccc(F)cc2N(C(=O)c2ccc(NC(=O)c4cc(C)cnc4N4CC5(CCOCC5)C4)cc2)CC3)nc1C.[HH].[HH]. The van der Waals surface area contributed by atoms with Crippen LogP contribution in [-0.4, -0.2) is 65.4 Å². The fourth-order valence-corrected chi connectivity index (χ4v) is 8.71.